The number of halogens is 3. The Hall–Kier alpha value is -1.72. The highest BCUT2D eigenvalue weighted by Crippen LogP contribution is 2.32. The summed E-state index contributed by atoms with van der Waals surface area (Å²) in [6.07, 6.45) is -3.40. The average molecular weight is 231 g/mol. The predicted molar refractivity (Wildman–Crippen MR) is 50.4 cm³/mol. The lowest BCUT2D eigenvalue weighted by Crippen LogP contribution is -2.20. The van der Waals surface area contributed by atoms with Crippen LogP contribution in [0, 0.1) is 13.8 Å². The Bertz CT molecular complexity index is 607. The van der Waals surface area contributed by atoms with Gasteiger partial charge in [0.05, 0.1) is 5.69 Å². The fourth-order valence-corrected chi connectivity index (χ4v) is 1.65. The largest absolute Gasteiger partial charge is 0.446 e. The van der Waals surface area contributed by atoms with Gasteiger partial charge in [0.25, 0.3) is 0 Å². The highest BCUT2D eigenvalue weighted by Gasteiger charge is 2.37. The van der Waals surface area contributed by atoms with E-state index in [9.17, 15) is 18.0 Å². The molecule has 2 aromatic heterocycles. The lowest BCUT2D eigenvalue weighted by molar-refractivity contribution is -0.142. The Kier molecular flexibility index (Phi) is 2.11. The van der Waals surface area contributed by atoms with E-state index >= 15 is 0 Å². The van der Waals surface area contributed by atoms with Gasteiger partial charge >= 0.3 is 6.18 Å². The normalized spacial score (nSPS) is 12.3. The summed E-state index contributed by atoms with van der Waals surface area (Å²) in [6, 6.07) is 1.05. The molecule has 0 saturated carbocycles. The molecule has 86 valence electrons. The molecule has 3 nitrogen and oxygen atoms in total. The van der Waals surface area contributed by atoms with Crippen LogP contribution in [0.15, 0.2) is 21.5 Å². The molecule has 0 fully saturated rings. The Morgan fingerprint density at radius 3 is 2.50 bits per heavy atom. The van der Waals surface area contributed by atoms with Gasteiger partial charge in [0.1, 0.15) is 12.0 Å². The summed E-state index contributed by atoms with van der Waals surface area (Å²) in [5.74, 6) is 0. The van der Waals surface area contributed by atoms with E-state index in [0.29, 0.717) is 5.69 Å². The number of pyridine rings is 1. The lowest BCUT2D eigenvalue weighted by atomic mass is 10.2. The van der Waals surface area contributed by atoms with Gasteiger partial charge in [-0.1, -0.05) is 0 Å². The molecule has 0 aromatic carbocycles. The first kappa shape index (κ1) is 10.8. The molecule has 0 saturated heterocycles. The van der Waals surface area contributed by atoms with E-state index in [0.717, 1.165) is 17.4 Å². The molecule has 2 aromatic rings. The van der Waals surface area contributed by atoms with Crippen LogP contribution in [0.4, 0.5) is 13.2 Å². The molecule has 0 spiro atoms. The van der Waals surface area contributed by atoms with Crippen molar-refractivity contribution in [3.8, 4) is 0 Å². The zero-order valence-electron chi connectivity index (χ0n) is 8.55. The zero-order chi connectivity index (χ0) is 12.1. The highest BCUT2D eigenvalue weighted by atomic mass is 19.4. The number of hydrogen-bond acceptors (Lipinski definition) is 2. The molecule has 0 radical (unpaired) electrons. The summed E-state index contributed by atoms with van der Waals surface area (Å²) >= 11 is 0. The summed E-state index contributed by atoms with van der Waals surface area (Å²) in [7, 11) is 0. The molecule has 0 amide bonds. The van der Waals surface area contributed by atoms with E-state index in [1.54, 1.807) is 0 Å². The van der Waals surface area contributed by atoms with Crippen LogP contribution in [0.25, 0.3) is 5.71 Å². The number of fused-ring (bicyclic) bond motifs is 1. The van der Waals surface area contributed by atoms with Crippen molar-refractivity contribution in [3.63, 3.8) is 0 Å². The van der Waals surface area contributed by atoms with Crippen molar-refractivity contribution >= 4 is 5.71 Å². The number of aromatic nitrogens is 1. The second-order valence-electron chi connectivity index (χ2n) is 3.53. The van der Waals surface area contributed by atoms with Gasteiger partial charge in [-0.2, -0.15) is 13.2 Å². The molecule has 0 bridgehead atoms. The first-order valence-electron chi connectivity index (χ1n) is 4.50. The van der Waals surface area contributed by atoms with Crippen LogP contribution >= 0.6 is 0 Å². The molecule has 16 heavy (non-hydrogen) atoms. The van der Waals surface area contributed by atoms with E-state index in [4.69, 9.17) is 4.42 Å². The molecule has 0 aliphatic carbocycles. The molecule has 0 unspecified atom stereocenters. The van der Waals surface area contributed by atoms with E-state index < -0.39 is 17.3 Å². The third-order valence-corrected chi connectivity index (χ3v) is 2.39. The molecule has 0 aliphatic rings. The van der Waals surface area contributed by atoms with E-state index in [1.165, 1.54) is 13.2 Å². The molecule has 2 heterocycles. The number of oxazole rings is 1. The minimum atomic E-state index is -4.58. The zero-order valence-corrected chi connectivity index (χ0v) is 8.55. The van der Waals surface area contributed by atoms with Gasteiger partial charge in [0, 0.05) is 11.6 Å². The SMILES string of the molecule is Cc1c(C(F)(F)F)n2c(C)coc2cc1=O. The molecule has 0 aliphatic heterocycles. The molecular weight excluding hydrogens is 223 g/mol. The maximum absolute atomic E-state index is 12.8. The molecule has 0 atom stereocenters. The van der Waals surface area contributed by atoms with Crippen LogP contribution in [0.5, 0.6) is 0 Å². The van der Waals surface area contributed by atoms with Crippen LogP contribution in [0.3, 0.4) is 0 Å². The fourth-order valence-electron chi connectivity index (χ4n) is 1.65. The third kappa shape index (κ3) is 1.41. The van der Waals surface area contributed by atoms with Gasteiger partial charge in [-0.25, -0.2) is 0 Å². The minimum Gasteiger partial charge on any atom is -0.446 e. The Morgan fingerprint density at radius 2 is 1.94 bits per heavy atom. The van der Waals surface area contributed by atoms with E-state index in [1.807, 2.05) is 0 Å². The summed E-state index contributed by atoms with van der Waals surface area (Å²) in [6.45, 7) is 2.64. The van der Waals surface area contributed by atoms with Crippen molar-refractivity contribution in [2.75, 3.05) is 0 Å². The summed E-state index contributed by atoms with van der Waals surface area (Å²) < 4.78 is 44.2. The summed E-state index contributed by atoms with van der Waals surface area (Å²) in [4.78, 5) is 11.3. The maximum atomic E-state index is 12.8. The second-order valence-corrected chi connectivity index (χ2v) is 3.53. The number of hydrogen-bond donors (Lipinski definition) is 0. The average Bonchev–Trinajstić information content (AvgIpc) is 2.47. The first-order valence-corrected chi connectivity index (χ1v) is 4.50. The van der Waals surface area contributed by atoms with Crippen LogP contribution in [-0.2, 0) is 6.18 Å². The Labute approximate surface area is 88.1 Å². The number of aryl methyl sites for hydroxylation is 1. The standard InChI is InChI=1S/C10H8F3NO2/c1-5-4-16-8-3-7(15)6(2)9(14(5)8)10(11,12)13/h3-4H,1-2H3. The van der Waals surface area contributed by atoms with Gasteiger partial charge in [0.15, 0.2) is 5.43 Å². The molecule has 0 N–H and O–H groups in total. The van der Waals surface area contributed by atoms with Gasteiger partial charge in [0.2, 0.25) is 5.71 Å². The smallest absolute Gasteiger partial charge is 0.432 e. The monoisotopic (exact) mass is 231 g/mol. The Balaban J connectivity index is 3.03. The molecule has 2 rings (SSSR count). The first-order chi connectivity index (χ1) is 7.32. The third-order valence-electron chi connectivity index (χ3n) is 2.39. The van der Waals surface area contributed by atoms with Gasteiger partial charge in [-0.15, -0.1) is 0 Å². The second kappa shape index (κ2) is 3.13. The highest BCUT2D eigenvalue weighted by molar-refractivity contribution is 5.42. The molecular formula is C10H8F3NO2. The van der Waals surface area contributed by atoms with Crippen molar-refractivity contribution in [3.05, 3.63) is 39.5 Å². The maximum Gasteiger partial charge on any atom is 0.432 e. The minimum absolute atomic E-state index is 0.0968. The Morgan fingerprint density at radius 1 is 1.31 bits per heavy atom. The topological polar surface area (TPSA) is 34.6 Å². The van der Waals surface area contributed by atoms with Crippen molar-refractivity contribution in [1.29, 1.82) is 0 Å². The van der Waals surface area contributed by atoms with Crippen LogP contribution < -0.4 is 5.43 Å². The molecule has 6 heteroatoms. The number of nitrogens with zero attached hydrogens (tertiary/aromatic N) is 1. The van der Waals surface area contributed by atoms with E-state index in [2.05, 4.69) is 0 Å². The summed E-state index contributed by atoms with van der Waals surface area (Å²) in [5.41, 5.74) is -1.77. The lowest BCUT2D eigenvalue weighted by Gasteiger charge is -2.12. The van der Waals surface area contributed by atoms with Crippen LogP contribution in [0.1, 0.15) is 17.0 Å². The van der Waals surface area contributed by atoms with Crippen molar-refractivity contribution in [1.82, 2.24) is 4.40 Å². The number of rotatable bonds is 0. The van der Waals surface area contributed by atoms with Gasteiger partial charge < -0.3 is 4.42 Å². The van der Waals surface area contributed by atoms with Crippen molar-refractivity contribution in [2.24, 2.45) is 0 Å². The van der Waals surface area contributed by atoms with Crippen molar-refractivity contribution < 1.29 is 17.6 Å². The summed E-state index contributed by atoms with van der Waals surface area (Å²) in [5, 5.41) is 0. The van der Waals surface area contributed by atoms with Crippen LogP contribution in [-0.4, -0.2) is 4.40 Å². The van der Waals surface area contributed by atoms with Gasteiger partial charge in [-0.05, 0) is 13.8 Å². The van der Waals surface area contributed by atoms with Crippen LogP contribution in [0.2, 0.25) is 0 Å². The predicted octanol–water partition coefficient (Wildman–Crippen LogP) is 2.53. The number of alkyl halides is 3. The van der Waals surface area contributed by atoms with Gasteiger partial charge in [-0.3, -0.25) is 9.20 Å². The van der Waals surface area contributed by atoms with Crippen molar-refractivity contribution in [2.45, 2.75) is 20.0 Å². The van der Waals surface area contributed by atoms with E-state index in [-0.39, 0.29) is 11.3 Å². The quantitative estimate of drug-likeness (QED) is 0.698. The fraction of sp³-hybridized carbons (Fsp3) is 0.300.